The first-order valence-corrected chi connectivity index (χ1v) is 11.9. The minimum atomic E-state index is -3.95. The fourth-order valence-corrected chi connectivity index (χ4v) is 4.63. The number of rotatable bonds is 9. The Balaban J connectivity index is 1.68. The van der Waals surface area contributed by atoms with E-state index in [-0.39, 0.29) is 24.6 Å². The largest absolute Gasteiger partial charge is 0.491 e. The predicted octanol–water partition coefficient (Wildman–Crippen LogP) is 4.35. The molecule has 0 aliphatic heterocycles. The van der Waals surface area contributed by atoms with Crippen molar-refractivity contribution in [3.63, 3.8) is 0 Å². The van der Waals surface area contributed by atoms with Crippen LogP contribution in [0.3, 0.4) is 0 Å². The number of carbonyl (C=O) groups is 1. The number of ether oxygens (including phenoxy) is 1. The van der Waals surface area contributed by atoms with Crippen LogP contribution in [0.4, 0.5) is 5.69 Å². The summed E-state index contributed by atoms with van der Waals surface area (Å²) in [6.07, 6.45) is 0. The van der Waals surface area contributed by atoms with Crippen LogP contribution in [0.25, 0.3) is 0 Å². The highest BCUT2D eigenvalue weighted by atomic mass is 35.5. The molecule has 1 amide bonds. The molecule has 0 saturated heterocycles. The molecule has 3 aromatic rings. The number of hydrogen-bond donors (Lipinski definition) is 1. The quantitative estimate of drug-likeness (QED) is 0.470. The standard InChI is InChI=1S/C24H25ClN2O4S/c1-18-7-6-10-23(19(18)2)31-16-15-26-24(28)17-27(21-13-11-20(25)12-14-21)32(29,30)22-8-4-3-5-9-22/h3-14H,15-17H2,1-2H3,(H,26,28). The lowest BCUT2D eigenvalue weighted by atomic mass is 10.1. The van der Waals surface area contributed by atoms with Crippen molar-refractivity contribution in [3.05, 3.63) is 88.9 Å². The summed E-state index contributed by atoms with van der Waals surface area (Å²) in [5.41, 5.74) is 2.51. The van der Waals surface area contributed by atoms with E-state index in [0.717, 1.165) is 21.2 Å². The summed E-state index contributed by atoms with van der Waals surface area (Å²) >= 11 is 5.95. The van der Waals surface area contributed by atoms with Crippen molar-refractivity contribution in [2.75, 3.05) is 24.0 Å². The number of amides is 1. The number of anilines is 1. The molecule has 0 bridgehead atoms. The van der Waals surface area contributed by atoms with E-state index in [0.29, 0.717) is 10.7 Å². The predicted molar refractivity (Wildman–Crippen MR) is 127 cm³/mol. The normalized spacial score (nSPS) is 11.1. The first-order chi connectivity index (χ1) is 15.3. The number of carbonyl (C=O) groups excluding carboxylic acids is 1. The maximum absolute atomic E-state index is 13.2. The number of hydrogen-bond acceptors (Lipinski definition) is 4. The molecule has 0 aliphatic carbocycles. The van der Waals surface area contributed by atoms with Gasteiger partial charge >= 0.3 is 0 Å². The highest BCUT2D eigenvalue weighted by Gasteiger charge is 2.27. The van der Waals surface area contributed by atoms with Gasteiger partial charge in [0.05, 0.1) is 17.1 Å². The van der Waals surface area contributed by atoms with E-state index in [4.69, 9.17) is 16.3 Å². The Bertz CT molecular complexity index is 1170. The van der Waals surface area contributed by atoms with Crippen molar-refractivity contribution in [2.45, 2.75) is 18.7 Å². The van der Waals surface area contributed by atoms with Gasteiger partial charge in [-0.3, -0.25) is 9.10 Å². The first kappa shape index (κ1) is 23.6. The molecule has 0 aliphatic rings. The molecule has 32 heavy (non-hydrogen) atoms. The van der Waals surface area contributed by atoms with Gasteiger partial charge in [-0.1, -0.05) is 41.9 Å². The topological polar surface area (TPSA) is 75.7 Å². The molecular formula is C24H25ClN2O4S. The van der Waals surface area contributed by atoms with Crippen molar-refractivity contribution in [3.8, 4) is 5.75 Å². The van der Waals surface area contributed by atoms with Crippen molar-refractivity contribution in [1.29, 1.82) is 0 Å². The number of sulfonamides is 1. The minimum absolute atomic E-state index is 0.0982. The van der Waals surface area contributed by atoms with Gasteiger partial charge in [0.25, 0.3) is 10.0 Å². The van der Waals surface area contributed by atoms with Crippen LogP contribution >= 0.6 is 11.6 Å². The molecule has 0 heterocycles. The number of nitrogens with zero attached hydrogens (tertiary/aromatic N) is 1. The summed E-state index contributed by atoms with van der Waals surface area (Å²) in [6, 6.07) is 20.1. The SMILES string of the molecule is Cc1cccc(OCCNC(=O)CN(c2ccc(Cl)cc2)S(=O)(=O)c2ccccc2)c1C. The molecule has 168 valence electrons. The lowest BCUT2D eigenvalue weighted by Gasteiger charge is -2.24. The van der Waals surface area contributed by atoms with E-state index < -0.39 is 15.9 Å². The number of benzene rings is 3. The third-order valence-electron chi connectivity index (χ3n) is 4.97. The Kier molecular flexibility index (Phi) is 7.77. The Labute approximate surface area is 193 Å². The van der Waals surface area contributed by atoms with E-state index in [1.54, 1.807) is 42.5 Å². The zero-order valence-electron chi connectivity index (χ0n) is 17.9. The van der Waals surface area contributed by atoms with Gasteiger partial charge < -0.3 is 10.1 Å². The Morgan fingerprint density at radius 3 is 2.34 bits per heavy atom. The maximum Gasteiger partial charge on any atom is 0.264 e. The third-order valence-corrected chi connectivity index (χ3v) is 7.01. The highest BCUT2D eigenvalue weighted by Crippen LogP contribution is 2.25. The second-order valence-corrected chi connectivity index (χ2v) is 9.50. The van der Waals surface area contributed by atoms with E-state index in [1.807, 2.05) is 32.0 Å². The molecule has 0 unspecified atom stereocenters. The molecule has 3 rings (SSSR count). The Morgan fingerprint density at radius 2 is 1.66 bits per heavy atom. The van der Waals surface area contributed by atoms with E-state index in [9.17, 15) is 13.2 Å². The monoisotopic (exact) mass is 472 g/mol. The van der Waals surface area contributed by atoms with Gasteiger partial charge in [-0.15, -0.1) is 0 Å². The average molecular weight is 473 g/mol. The second-order valence-electron chi connectivity index (χ2n) is 7.20. The molecule has 0 radical (unpaired) electrons. The molecule has 8 heteroatoms. The second kappa shape index (κ2) is 10.5. The lowest BCUT2D eigenvalue weighted by Crippen LogP contribution is -2.41. The zero-order valence-corrected chi connectivity index (χ0v) is 19.5. The molecule has 0 aromatic heterocycles. The molecule has 3 aromatic carbocycles. The highest BCUT2D eigenvalue weighted by molar-refractivity contribution is 7.92. The molecular weight excluding hydrogens is 448 g/mol. The van der Waals surface area contributed by atoms with Gasteiger partial charge in [-0.05, 0) is 67.4 Å². The first-order valence-electron chi connectivity index (χ1n) is 10.1. The summed E-state index contributed by atoms with van der Waals surface area (Å²) in [5, 5.41) is 3.20. The van der Waals surface area contributed by atoms with Gasteiger partial charge in [0.1, 0.15) is 18.9 Å². The van der Waals surface area contributed by atoms with Gasteiger partial charge in [0, 0.05) is 5.02 Å². The van der Waals surface area contributed by atoms with Crippen LogP contribution in [0.2, 0.25) is 5.02 Å². The zero-order chi connectivity index (χ0) is 23.1. The fourth-order valence-electron chi connectivity index (χ4n) is 3.06. The van der Waals surface area contributed by atoms with Gasteiger partial charge in [0.2, 0.25) is 5.91 Å². The summed E-state index contributed by atoms with van der Waals surface area (Å²) in [4.78, 5) is 12.7. The van der Waals surface area contributed by atoms with E-state index in [1.165, 1.54) is 12.1 Å². The number of nitrogens with one attached hydrogen (secondary N) is 1. The minimum Gasteiger partial charge on any atom is -0.491 e. The van der Waals surface area contributed by atoms with E-state index >= 15 is 0 Å². The van der Waals surface area contributed by atoms with Crippen LogP contribution in [0.15, 0.2) is 77.7 Å². The van der Waals surface area contributed by atoms with Crippen LogP contribution in [0.5, 0.6) is 5.75 Å². The molecule has 1 N–H and O–H groups in total. The average Bonchev–Trinajstić information content (AvgIpc) is 2.79. The summed E-state index contributed by atoms with van der Waals surface area (Å²) < 4.78 is 33.3. The maximum atomic E-state index is 13.2. The smallest absolute Gasteiger partial charge is 0.264 e. The van der Waals surface area contributed by atoms with Crippen LogP contribution in [-0.2, 0) is 14.8 Å². The van der Waals surface area contributed by atoms with Crippen molar-refractivity contribution in [1.82, 2.24) is 5.32 Å². The van der Waals surface area contributed by atoms with Crippen LogP contribution in [0, 0.1) is 13.8 Å². The molecule has 6 nitrogen and oxygen atoms in total. The molecule has 0 fully saturated rings. The Hall–Kier alpha value is -3.03. The Morgan fingerprint density at radius 1 is 0.969 bits per heavy atom. The van der Waals surface area contributed by atoms with Crippen LogP contribution < -0.4 is 14.4 Å². The van der Waals surface area contributed by atoms with Crippen molar-refractivity contribution in [2.24, 2.45) is 0 Å². The van der Waals surface area contributed by atoms with Crippen LogP contribution in [-0.4, -0.2) is 34.0 Å². The van der Waals surface area contributed by atoms with Crippen molar-refractivity contribution >= 4 is 33.2 Å². The summed E-state index contributed by atoms with van der Waals surface area (Å²) in [5.74, 6) is 0.317. The molecule has 0 spiro atoms. The molecule has 0 saturated carbocycles. The van der Waals surface area contributed by atoms with E-state index in [2.05, 4.69) is 5.32 Å². The number of halogens is 1. The third kappa shape index (κ3) is 5.81. The van der Waals surface area contributed by atoms with Crippen LogP contribution in [0.1, 0.15) is 11.1 Å². The van der Waals surface area contributed by atoms with Gasteiger partial charge in [-0.2, -0.15) is 0 Å². The van der Waals surface area contributed by atoms with Crippen molar-refractivity contribution < 1.29 is 17.9 Å². The fraction of sp³-hybridized carbons (Fsp3) is 0.208. The summed E-state index contributed by atoms with van der Waals surface area (Å²) in [6.45, 7) is 4.11. The summed E-state index contributed by atoms with van der Waals surface area (Å²) in [7, 11) is -3.95. The lowest BCUT2D eigenvalue weighted by molar-refractivity contribution is -0.119. The molecule has 0 atom stereocenters. The van der Waals surface area contributed by atoms with Gasteiger partial charge in [-0.25, -0.2) is 8.42 Å². The van der Waals surface area contributed by atoms with Gasteiger partial charge in [0.15, 0.2) is 0 Å². The number of aryl methyl sites for hydroxylation is 1.